The highest BCUT2D eigenvalue weighted by Gasteiger charge is 2.73. The van der Waals surface area contributed by atoms with Crippen molar-refractivity contribution in [3.8, 4) is 0 Å². The number of rotatable bonds is 3. The number of hydrogen-bond acceptors (Lipinski definition) is 6. The fourth-order valence-corrected chi connectivity index (χ4v) is 7.58. The van der Waals surface area contributed by atoms with Crippen molar-refractivity contribution in [3.63, 3.8) is 0 Å². The Morgan fingerprint density at radius 2 is 2.03 bits per heavy atom. The molecule has 3 aliphatic heterocycles. The van der Waals surface area contributed by atoms with E-state index in [0.29, 0.717) is 42.3 Å². The molecule has 10 heteroatoms. The highest BCUT2D eigenvalue weighted by atomic mass is 32.1. The highest BCUT2D eigenvalue weighted by molar-refractivity contribution is 7.10. The lowest BCUT2D eigenvalue weighted by Crippen LogP contribution is -2.41. The molecule has 178 valence electrons. The predicted molar refractivity (Wildman–Crippen MR) is 123 cm³/mol. The Hall–Kier alpha value is -2.62. The van der Waals surface area contributed by atoms with Gasteiger partial charge in [-0.3, -0.25) is 0 Å². The molecule has 6 nitrogen and oxygen atoms in total. The van der Waals surface area contributed by atoms with Crippen molar-refractivity contribution in [3.05, 3.63) is 53.0 Å². The molecule has 1 saturated carbocycles. The third-order valence-corrected chi connectivity index (χ3v) is 9.15. The van der Waals surface area contributed by atoms with Crippen molar-refractivity contribution >= 4 is 22.5 Å². The summed E-state index contributed by atoms with van der Waals surface area (Å²) in [7, 11) is 0. The highest BCUT2D eigenvalue weighted by Crippen LogP contribution is 2.61. The molecule has 0 spiro atoms. The average molecular weight is 487 g/mol. The molecule has 34 heavy (non-hydrogen) atoms. The van der Waals surface area contributed by atoms with Crippen LogP contribution in [0.3, 0.4) is 0 Å². The number of fused-ring (bicyclic) bond motifs is 1. The molecule has 0 N–H and O–H groups in total. The van der Waals surface area contributed by atoms with Crippen molar-refractivity contribution in [2.24, 2.45) is 5.92 Å². The molecule has 4 atom stereocenters. The molecule has 3 fully saturated rings. The predicted octanol–water partition coefficient (Wildman–Crippen LogP) is 4.85. The van der Waals surface area contributed by atoms with Crippen molar-refractivity contribution in [2.75, 3.05) is 22.9 Å². The van der Waals surface area contributed by atoms with Gasteiger partial charge in [0.15, 0.2) is 0 Å². The second kappa shape index (κ2) is 6.96. The van der Waals surface area contributed by atoms with Gasteiger partial charge in [-0.05, 0) is 67.8 Å². The van der Waals surface area contributed by atoms with Crippen LogP contribution in [0, 0.1) is 12.8 Å². The smallest absolute Gasteiger partial charge is 0.359 e. The maximum atomic E-state index is 13.7. The number of aryl methyl sites for hydroxylation is 2. The van der Waals surface area contributed by atoms with Crippen LogP contribution in [-0.2, 0) is 12.7 Å². The van der Waals surface area contributed by atoms with Gasteiger partial charge in [-0.25, -0.2) is 4.68 Å². The zero-order valence-corrected chi connectivity index (χ0v) is 19.6. The molecule has 5 heterocycles. The number of piperidine rings is 2. The summed E-state index contributed by atoms with van der Waals surface area (Å²) in [5.74, 6) is 1.53. The minimum Gasteiger partial charge on any atom is -0.359 e. The number of anilines is 2. The number of halogens is 3. The van der Waals surface area contributed by atoms with Crippen LogP contribution >= 0.6 is 11.5 Å². The molecule has 0 amide bonds. The molecule has 2 bridgehead atoms. The third kappa shape index (κ3) is 2.90. The molecular formula is C24H25F3N6S. The van der Waals surface area contributed by atoms with Crippen molar-refractivity contribution in [1.29, 1.82) is 0 Å². The maximum absolute atomic E-state index is 13.7. The Kier molecular flexibility index (Phi) is 4.24. The van der Waals surface area contributed by atoms with E-state index in [0.717, 1.165) is 31.6 Å². The van der Waals surface area contributed by atoms with E-state index in [1.54, 1.807) is 23.7 Å². The molecule has 0 radical (unpaired) electrons. The van der Waals surface area contributed by atoms with Gasteiger partial charge in [0.2, 0.25) is 5.95 Å². The zero-order valence-electron chi connectivity index (χ0n) is 18.8. The summed E-state index contributed by atoms with van der Waals surface area (Å²) in [4.78, 5) is 9.74. The summed E-state index contributed by atoms with van der Waals surface area (Å²) in [6.07, 6.45) is -0.623. The molecule has 3 aromatic rings. The molecular weight excluding hydrogens is 461 g/mol. The number of aromatic nitrogens is 4. The third-order valence-electron chi connectivity index (χ3n) is 8.20. The van der Waals surface area contributed by atoms with Gasteiger partial charge < -0.3 is 9.80 Å². The lowest BCUT2D eigenvalue weighted by molar-refractivity contribution is -0.138. The minimum absolute atomic E-state index is 0.0394. The van der Waals surface area contributed by atoms with E-state index in [9.17, 15) is 13.2 Å². The van der Waals surface area contributed by atoms with Gasteiger partial charge >= 0.3 is 6.18 Å². The molecule has 1 aromatic carbocycles. The summed E-state index contributed by atoms with van der Waals surface area (Å²) in [6.45, 7) is 4.67. The van der Waals surface area contributed by atoms with Gasteiger partial charge in [0.1, 0.15) is 10.8 Å². The van der Waals surface area contributed by atoms with E-state index in [4.69, 9.17) is 10.1 Å². The fraction of sp³-hybridized carbons (Fsp3) is 0.542. The van der Waals surface area contributed by atoms with Crippen molar-refractivity contribution in [1.82, 2.24) is 19.1 Å². The van der Waals surface area contributed by atoms with E-state index >= 15 is 0 Å². The van der Waals surface area contributed by atoms with Crippen LogP contribution in [0.15, 0.2) is 30.3 Å². The standard InChI is InChI=1S/C24H25F3N6S/c1-14-11-19(34-30-14)31-12-15-8-9-23(13-31)20(15)33(23)22-28-21-17(6-4-10-32(21)29-22)16-5-2-3-7-18(16)24(25,26)27/h2-3,5,7,11,15,17,20H,4,6,8-10,12-13H2,1H3/t15-,17?,20-,23-,33?/m0/s1. The number of hydrogen-bond donors (Lipinski definition) is 0. The van der Waals surface area contributed by atoms with E-state index in [2.05, 4.69) is 20.2 Å². The zero-order chi connectivity index (χ0) is 23.2. The summed E-state index contributed by atoms with van der Waals surface area (Å²) in [5.41, 5.74) is 0.835. The second-order valence-electron chi connectivity index (χ2n) is 10.2. The van der Waals surface area contributed by atoms with Gasteiger partial charge in [-0.2, -0.15) is 22.5 Å². The van der Waals surface area contributed by atoms with Crippen LogP contribution in [-0.4, -0.2) is 43.8 Å². The summed E-state index contributed by atoms with van der Waals surface area (Å²) in [6, 6.07) is 8.51. The van der Waals surface area contributed by atoms with E-state index in [-0.39, 0.29) is 11.5 Å². The first-order valence-electron chi connectivity index (χ1n) is 11.9. The minimum atomic E-state index is -4.38. The summed E-state index contributed by atoms with van der Waals surface area (Å²) >= 11 is 1.56. The van der Waals surface area contributed by atoms with Crippen molar-refractivity contribution < 1.29 is 13.2 Å². The van der Waals surface area contributed by atoms with Crippen LogP contribution in [0.5, 0.6) is 0 Å². The molecule has 1 aliphatic carbocycles. The molecule has 2 saturated heterocycles. The molecule has 2 aromatic heterocycles. The van der Waals surface area contributed by atoms with Gasteiger partial charge in [0.05, 0.1) is 22.8 Å². The molecule has 1 unspecified atom stereocenters. The van der Waals surface area contributed by atoms with Gasteiger partial charge in [-0.1, -0.05) is 18.2 Å². The van der Waals surface area contributed by atoms with E-state index in [1.807, 2.05) is 11.6 Å². The van der Waals surface area contributed by atoms with Crippen molar-refractivity contribution in [2.45, 2.75) is 62.8 Å². The summed E-state index contributed by atoms with van der Waals surface area (Å²) < 4.78 is 47.5. The molecule has 4 aliphatic rings. The lowest BCUT2D eigenvalue weighted by Gasteiger charge is -2.29. The first-order valence-corrected chi connectivity index (χ1v) is 12.7. The number of nitrogens with zero attached hydrogens (tertiary/aromatic N) is 6. The topological polar surface area (TPSA) is 49.9 Å². The SMILES string of the molecule is Cc1cc(N2C[C@@H]3CC[C@]4(C2)[C@H]3N4c2nc3n(n2)CCCC3c2ccccc2C(F)(F)F)sn1. The first-order chi connectivity index (χ1) is 16.3. The Bertz CT molecular complexity index is 1270. The van der Waals surface area contributed by atoms with Crippen LogP contribution in [0.1, 0.15) is 54.2 Å². The van der Waals surface area contributed by atoms with Gasteiger partial charge in [0, 0.05) is 25.6 Å². The lowest BCUT2D eigenvalue weighted by atomic mass is 9.88. The first kappa shape index (κ1) is 20.7. The van der Waals surface area contributed by atoms with Crippen LogP contribution in [0.4, 0.5) is 24.1 Å². The van der Waals surface area contributed by atoms with Crippen LogP contribution < -0.4 is 9.80 Å². The Labute approximate surface area is 199 Å². The fourth-order valence-electron chi connectivity index (χ4n) is 6.81. The normalized spacial score (nSPS) is 29.8. The Morgan fingerprint density at radius 1 is 1.18 bits per heavy atom. The largest absolute Gasteiger partial charge is 0.416 e. The Morgan fingerprint density at radius 3 is 2.82 bits per heavy atom. The maximum Gasteiger partial charge on any atom is 0.416 e. The number of alkyl halides is 3. The van der Waals surface area contributed by atoms with E-state index in [1.165, 1.54) is 23.6 Å². The van der Waals surface area contributed by atoms with E-state index < -0.39 is 11.7 Å². The quantitative estimate of drug-likeness (QED) is 0.496. The van der Waals surface area contributed by atoms with Crippen LogP contribution in [0.2, 0.25) is 0 Å². The van der Waals surface area contributed by atoms with Gasteiger partial charge in [-0.15, -0.1) is 5.10 Å². The average Bonchev–Trinajstić information content (AvgIpc) is 3.09. The molecule has 7 rings (SSSR count). The monoisotopic (exact) mass is 486 g/mol. The van der Waals surface area contributed by atoms with Crippen LogP contribution in [0.25, 0.3) is 0 Å². The number of benzene rings is 1. The van der Waals surface area contributed by atoms with Gasteiger partial charge in [0.25, 0.3) is 0 Å². The Balaban J connectivity index is 1.22. The summed E-state index contributed by atoms with van der Waals surface area (Å²) in [5, 5.41) is 6.06. The second-order valence-corrected chi connectivity index (χ2v) is 11.0.